The number of thiol groups is 1. The van der Waals surface area contributed by atoms with E-state index in [4.69, 9.17) is 5.11 Å². The molecule has 0 aliphatic rings. The Morgan fingerprint density at radius 2 is 1.40 bits per heavy atom. The van der Waals surface area contributed by atoms with Crippen molar-refractivity contribution in [1.82, 2.24) is 0 Å². The van der Waals surface area contributed by atoms with Crippen molar-refractivity contribution in [3.63, 3.8) is 0 Å². The first-order chi connectivity index (χ1) is 7.20. The molecule has 2 aromatic carbocycles. The predicted molar refractivity (Wildman–Crippen MR) is 69.5 cm³/mol. The Hall–Kier alpha value is -0.930. The topological polar surface area (TPSA) is 20.2 Å². The van der Waals surface area contributed by atoms with Gasteiger partial charge in [0.15, 0.2) is 0 Å². The maximum Gasteiger partial charge on any atom is 0.129 e. The maximum atomic E-state index is 8.87. The fraction of sp³-hybridized carbons (Fsp3) is 0. The number of aromatic hydroxyl groups is 1. The van der Waals surface area contributed by atoms with Crippen molar-refractivity contribution in [3.05, 3.63) is 59.1 Å². The summed E-state index contributed by atoms with van der Waals surface area (Å²) in [6, 6.07) is 16.8. The van der Waals surface area contributed by atoms with Crippen LogP contribution in [0.4, 0.5) is 0 Å². The number of benzene rings is 2. The minimum Gasteiger partial charge on any atom is -0.507 e. The molecule has 2 rings (SSSR count). The summed E-state index contributed by atoms with van der Waals surface area (Å²) in [6.45, 7) is 0. The van der Waals surface area contributed by atoms with Gasteiger partial charge < -0.3 is 5.11 Å². The van der Waals surface area contributed by atoms with Gasteiger partial charge in [-0.05, 0) is 40.2 Å². The van der Waals surface area contributed by atoms with Crippen LogP contribution in [0.1, 0.15) is 0 Å². The van der Waals surface area contributed by atoms with Crippen LogP contribution in [0, 0.1) is 0 Å². The number of hydrogen-bond acceptors (Lipinski definition) is 2. The van der Waals surface area contributed by atoms with E-state index in [1.54, 1.807) is 18.2 Å². The Bertz CT molecular complexity index is 382. The van der Waals surface area contributed by atoms with Crippen LogP contribution < -0.4 is 0 Å². The summed E-state index contributed by atoms with van der Waals surface area (Å²) in [5.74, 6) is 0.285. The van der Waals surface area contributed by atoms with Gasteiger partial charge in [-0.2, -0.15) is 0 Å². The van der Waals surface area contributed by atoms with Crippen LogP contribution in [0.25, 0.3) is 0 Å². The van der Waals surface area contributed by atoms with Crippen LogP contribution in [-0.4, -0.2) is 5.11 Å². The molecular weight excluding hydrogens is 272 g/mol. The molecule has 0 amide bonds. The largest absolute Gasteiger partial charge is 0.507 e. The number of halogens is 1. The van der Waals surface area contributed by atoms with Crippen molar-refractivity contribution in [2.24, 2.45) is 0 Å². The Labute approximate surface area is 103 Å². The Balaban J connectivity index is 0.000000151. The highest BCUT2D eigenvalue weighted by Gasteiger charge is 1.89. The molecule has 0 saturated heterocycles. The second kappa shape index (κ2) is 6.53. The molecule has 1 nitrogen and oxygen atoms in total. The van der Waals surface area contributed by atoms with E-state index < -0.39 is 0 Å². The monoisotopic (exact) mass is 282 g/mol. The molecule has 0 aliphatic carbocycles. The molecule has 0 fully saturated rings. The zero-order chi connectivity index (χ0) is 11.1. The van der Waals surface area contributed by atoms with Crippen molar-refractivity contribution in [2.45, 2.75) is 4.90 Å². The molecule has 78 valence electrons. The lowest BCUT2D eigenvalue weighted by Crippen LogP contribution is -1.63. The summed E-state index contributed by atoms with van der Waals surface area (Å²) < 4.78 is 0.736. The van der Waals surface area contributed by atoms with E-state index in [1.807, 2.05) is 36.4 Å². The number of rotatable bonds is 0. The molecule has 0 radical (unpaired) electrons. The SMILES string of the molecule is Oc1ccccc1Br.Sc1ccccc1. The van der Waals surface area contributed by atoms with Gasteiger partial charge in [0.1, 0.15) is 5.75 Å². The van der Waals surface area contributed by atoms with Gasteiger partial charge in [-0.25, -0.2) is 0 Å². The molecule has 15 heavy (non-hydrogen) atoms. The van der Waals surface area contributed by atoms with E-state index in [0.717, 1.165) is 9.37 Å². The quantitative estimate of drug-likeness (QED) is 0.696. The third kappa shape index (κ3) is 4.91. The molecule has 0 bridgehead atoms. The van der Waals surface area contributed by atoms with Gasteiger partial charge in [0.25, 0.3) is 0 Å². The minimum absolute atomic E-state index is 0.285. The first kappa shape index (κ1) is 12.1. The standard InChI is InChI=1S/C6H5BrO.C6H6S/c7-5-3-1-2-4-6(5)8;7-6-4-2-1-3-5-6/h1-4,8H;1-5,7H. The highest BCUT2D eigenvalue weighted by Crippen LogP contribution is 2.21. The van der Waals surface area contributed by atoms with E-state index in [0.29, 0.717) is 0 Å². The van der Waals surface area contributed by atoms with Crippen LogP contribution >= 0.6 is 28.6 Å². The second-order valence-electron chi connectivity index (χ2n) is 2.79. The summed E-state index contributed by atoms with van der Waals surface area (Å²) >= 11 is 7.23. The van der Waals surface area contributed by atoms with Crippen LogP contribution in [-0.2, 0) is 0 Å². The van der Waals surface area contributed by atoms with Gasteiger partial charge in [0.05, 0.1) is 4.47 Å². The van der Waals surface area contributed by atoms with Crippen LogP contribution in [0.15, 0.2) is 64.0 Å². The van der Waals surface area contributed by atoms with Crippen molar-refractivity contribution in [3.8, 4) is 5.75 Å². The molecule has 3 heteroatoms. The maximum absolute atomic E-state index is 8.87. The zero-order valence-corrected chi connectivity index (χ0v) is 10.4. The number of hydrogen-bond donors (Lipinski definition) is 2. The van der Waals surface area contributed by atoms with Crippen LogP contribution in [0.3, 0.4) is 0 Å². The van der Waals surface area contributed by atoms with E-state index in [2.05, 4.69) is 28.6 Å². The van der Waals surface area contributed by atoms with E-state index in [9.17, 15) is 0 Å². The van der Waals surface area contributed by atoms with Crippen molar-refractivity contribution in [2.75, 3.05) is 0 Å². The fourth-order valence-corrected chi connectivity index (χ4v) is 1.34. The minimum atomic E-state index is 0.285. The van der Waals surface area contributed by atoms with Gasteiger partial charge in [0.2, 0.25) is 0 Å². The van der Waals surface area contributed by atoms with Gasteiger partial charge in [-0.3, -0.25) is 0 Å². The molecular formula is C12H11BrOS. The third-order valence-corrected chi connectivity index (χ3v) is 2.58. The molecule has 0 spiro atoms. The Kier molecular flexibility index (Phi) is 5.29. The summed E-state index contributed by atoms with van der Waals surface area (Å²) in [5, 5.41) is 8.87. The average molecular weight is 283 g/mol. The molecule has 0 atom stereocenters. The van der Waals surface area contributed by atoms with E-state index in [-0.39, 0.29) is 5.75 Å². The summed E-state index contributed by atoms with van der Waals surface area (Å²) in [7, 11) is 0. The lowest BCUT2D eigenvalue weighted by Gasteiger charge is -1.90. The summed E-state index contributed by atoms with van der Waals surface area (Å²) in [4.78, 5) is 1.02. The predicted octanol–water partition coefficient (Wildman–Crippen LogP) is 4.13. The molecule has 0 unspecified atom stereocenters. The highest BCUT2D eigenvalue weighted by molar-refractivity contribution is 9.10. The number of para-hydroxylation sites is 1. The molecule has 0 saturated carbocycles. The molecule has 0 aliphatic heterocycles. The van der Waals surface area contributed by atoms with Crippen molar-refractivity contribution in [1.29, 1.82) is 0 Å². The first-order valence-electron chi connectivity index (χ1n) is 4.37. The van der Waals surface area contributed by atoms with Crippen LogP contribution in [0.2, 0.25) is 0 Å². The smallest absolute Gasteiger partial charge is 0.129 e. The molecule has 0 aromatic heterocycles. The van der Waals surface area contributed by atoms with Gasteiger partial charge >= 0.3 is 0 Å². The lowest BCUT2D eigenvalue weighted by atomic mass is 10.3. The zero-order valence-electron chi connectivity index (χ0n) is 7.97. The second-order valence-corrected chi connectivity index (χ2v) is 4.16. The molecule has 2 aromatic rings. The number of phenols is 1. The van der Waals surface area contributed by atoms with Gasteiger partial charge in [-0.15, -0.1) is 12.6 Å². The Morgan fingerprint density at radius 3 is 1.73 bits per heavy atom. The van der Waals surface area contributed by atoms with Crippen molar-refractivity contribution >= 4 is 28.6 Å². The average Bonchev–Trinajstić information content (AvgIpc) is 2.25. The third-order valence-electron chi connectivity index (χ3n) is 1.61. The molecule has 1 N–H and O–H groups in total. The van der Waals surface area contributed by atoms with Crippen molar-refractivity contribution < 1.29 is 5.11 Å². The molecule has 0 heterocycles. The Morgan fingerprint density at radius 1 is 0.867 bits per heavy atom. The van der Waals surface area contributed by atoms with E-state index in [1.165, 1.54) is 0 Å². The summed E-state index contributed by atoms with van der Waals surface area (Å²) in [5.41, 5.74) is 0. The van der Waals surface area contributed by atoms with E-state index >= 15 is 0 Å². The van der Waals surface area contributed by atoms with Gasteiger partial charge in [-0.1, -0.05) is 30.3 Å². The highest BCUT2D eigenvalue weighted by atomic mass is 79.9. The van der Waals surface area contributed by atoms with Gasteiger partial charge in [0, 0.05) is 4.90 Å². The lowest BCUT2D eigenvalue weighted by molar-refractivity contribution is 0.472. The van der Waals surface area contributed by atoms with Crippen LogP contribution in [0.5, 0.6) is 5.75 Å². The normalized spacial score (nSPS) is 8.93. The fourth-order valence-electron chi connectivity index (χ4n) is 0.880. The first-order valence-corrected chi connectivity index (χ1v) is 5.61. The number of phenolic OH excluding ortho intramolecular Hbond substituents is 1. The summed E-state index contributed by atoms with van der Waals surface area (Å²) in [6.07, 6.45) is 0.